The highest BCUT2D eigenvalue weighted by Gasteiger charge is 2.35. The topological polar surface area (TPSA) is 32.8 Å². The van der Waals surface area contributed by atoms with E-state index in [4.69, 9.17) is 16.3 Å². The summed E-state index contributed by atoms with van der Waals surface area (Å²) in [6, 6.07) is 0. The third kappa shape index (κ3) is 1.70. The highest BCUT2D eigenvalue weighted by atomic mass is 16.6. The van der Waals surface area contributed by atoms with Gasteiger partial charge in [-0.3, -0.25) is 0 Å². The average molecular weight is 126 g/mol. The van der Waals surface area contributed by atoms with E-state index in [2.05, 4.69) is 5.92 Å². The molecule has 1 fully saturated rings. The Bertz CT molecular complexity index is 125. The van der Waals surface area contributed by atoms with E-state index in [0.717, 1.165) is 12.8 Å². The first-order chi connectivity index (χ1) is 4.38. The van der Waals surface area contributed by atoms with Gasteiger partial charge in [-0.05, 0) is 12.8 Å². The monoisotopic (exact) mass is 126 g/mol. The first-order valence-corrected chi connectivity index (χ1v) is 3.11. The third-order valence-electron chi connectivity index (χ3n) is 1.39. The second kappa shape index (κ2) is 2.86. The van der Waals surface area contributed by atoms with Crippen molar-refractivity contribution in [1.29, 1.82) is 0 Å². The van der Waals surface area contributed by atoms with Crippen molar-refractivity contribution in [2.24, 2.45) is 0 Å². The molecular weight excluding hydrogens is 116 g/mol. The molecule has 0 saturated carbocycles. The van der Waals surface area contributed by atoms with Crippen molar-refractivity contribution in [2.45, 2.75) is 25.0 Å². The van der Waals surface area contributed by atoms with Crippen LogP contribution in [0.25, 0.3) is 0 Å². The summed E-state index contributed by atoms with van der Waals surface area (Å²) in [6.07, 6.45) is 7.02. The van der Waals surface area contributed by atoms with E-state index in [1.807, 2.05) is 0 Å². The van der Waals surface area contributed by atoms with E-state index in [9.17, 15) is 0 Å². The molecule has 50 valence electrons. The number of epoxide rings is 1. The van der Waals surface area contributed by atoms with Crippen LogP contribution >= 0.6 is 0 Å². The van der Waals surface area contributed by atoms with Crippen LogP contribution in [-0.4, -0.2) is 23.9 Å². The number of aliphatic hydroxyl groups excluding tert-OH is 1. The first-order valence-electron chi connectivity index (χ1n) is 3.11. The number of rotatable bonds is 3. The lowest BCUT2D eigenvalue weighted by molar-refractivity contribution is 0.273. The minimum Gasteiger partial charge on any atom is -0.396 e. The summed E-state index contributed by atoms with van der Waals surface area (Å²) in [7, 11) is 0. The summed E-state index contributed by atoms with van der Waals surface area (Å²) >= 11 is 0. The van der Waals surface area contributed by atoms with Crippen molar-refractivity contribution in [2.75, 3.05) is 6.61 Å². The number of ether oxygens (including phenoxy) is 1. The van der Waals surface area contributed by atoms with Gasteiger partial charge in [0.25, 0.3) is 0 Å². The second-order valence-corrected chi connectivity index (χ2v) is 2.13. The van der Waals surface area contributed by atoms with Gasteiger partial charge in [0.05, 0.1) is 6.10 Å². The summed E-state index contributed by atoms with van der Waals surface area (Å²) in [6.45, 7) is 0.233. The Kier molecular flexibility index (Phi) is 2.10. The van der Waals surface area contributed by atoms with E-state index < -0.39 is 0 Å². The molecule has 2 nitrogen and oxygen atoms in total. The first kappa shape index (κ1) is 6.60. The van der Waals surface area contributed by atoms with Gasteiger partial charge in [0.1, 0.15) is 6.10 Å². The second-order valence-electron chi connectivity index (χ2n) is 2.13. The Balaban J connectivity index is 2.00. The quantitative estimate of drug-likeness (QED) is 0.431. The van der Waals surface area contributed by atoms with Gasteiger partial charge in [-0.15, -0.1) is 6.42 Å². The van der Waals surface area contributed by atoms with Crippen molar-refractivity contribution >= 4 is 0 Å². The van der Waals surface area contributed by atoms with Crippen molar-refractivity contribution < 1.29 is 9.84 Å². The Morgan fingerprint density at radius 2 is 2.44 bits per heavy atom. The van der Waals surface area contributed by atoms with Crippen LogP contribution in [0.2, 0.25) is 0 Å². The van der Waals surface area contributed by atoms with E-state index in [-0.39, 0.29) is 18.8 Å². The molecule has 0 aromatic carbocycles. The smallest absolute Gasteiger partial charge is 0.144 e. The summed E-state index contributed by atoms with van der Waals surface area (Å²) in [5.41, 5.74) is 0. The van der Waals surface area contributed by atoms with Crippen LogP contribution in [0.15, 0.2) is 0 Å². The summed E-state index contributed by atoms with van der Waals surface area (Å²) in [5, 5.41) is 8.39. The molecule has 2 heteroatoms. The number of aliphatic hydroxyl groups is 1. The average Bonchev–Trinajstić information content (AvgIpc) is 2.62. The maximum absolute atomic E-state index is 8.39. The molecule has 0 radical (unpaired) electrons. The molecule has 1 saturated heterocycles. The molecule has 1 N–H and O–H groups in total. The fourth-order valence-corrected chi connectivity index (χ4v) is 0.801. The van der Waals surface area contributed by atoms with E-state index >= 15 is 0 Å². The van der Waals surface area contributed by atoms with Crippen LogP contribution in [0.4, 0.5) is 0 Å². The lowest BCUT2D eigenvalue weighted by Gasteiger charge is -1.87. The summed E-state index contributed by atoms with van der Waals surface area (Å²) in [5.74, 6) is 2.49. The van der Waals surface area contributed by atoms with Gasteiger partial charge in [0, 0.05) is 6.61 Å². The molecule has 1 rings (SSSR count). The molecule has 1 aliphatic rings. The van der Waals surface area contributed by atoms with Gasteiger partial charge >= 0.3 is 0 Å². The molecule has 0 unspecified atom stereocenters. The van der Waals surface area contributed by atoms with Crippen LogP contribution in [0.3, 0.4) is 0 Å². The fourth-order valence-electron chi connectivity index (χ4n) is 0.801. The van der Waals surface area contributed by atoms with Gasteiger partial charge < -0.3 is 9.84 Å². The highest BCUT2D eigenvalue weighted by molar-refractivity contribution is 5.07. The lowest BCUT2D eigenvalue weighted by atomic mass is 10.2. The van der Waals surface area contributed by atoms with Crippen molar-refractivity contribution in [3.63, 3.8) is 0 Å². The standard InChI is InChI=1S/C7H10O2/c1-2-6-7(9-6)4-3-5-8/h1,6-8H,3-5H2/t6-,7-/m0/s1. The zero-order valence-electron chi connectivity index (χ0n) is 5.21. The molecule has 0 aromatic heterocycles. The number of terminal acetylenes is 1. The molecule has 1 aliphatic heterocycles. The molecule has 1 heterocycles. The molecular formula is C7H10O2. The zero-order chi connectivity index (χ0) is 6.69. The minimum atomic E-state index is 0.0385. The number of hydrogen-bond acceptors (Lipinski definition) is 2. The van der Waals surface area contributed by atoms with Crippen molar-refractivity contribution in [3.8, 4) is 12.3 Å². The van der Waals surface area contributed by atoms with Crippen molar-refractivity contribution in [3.05, 3.63) is 0 Å². The maximum atomic E-state index is 8.39. The van der Waals surface area contributed by atoms with Gasteiger partial charge in [-0.1, -0.05) is 5.92 Å². The summed E-state index contributed by atoms with van der Waals surface area (Å²) in [4.78, 5) is 0. The van der Waals surface area contributed by atoms with E-state index in [1.54, 1.807) is 0 Å². The largest absolute Gasteiger partial charge is 0.396 e. The normalized spacial score (nSPS) is 31.6. The molecule has 0 aliphatic carbocycles. The zero-order valence-corrected chi connectivity index (χ0v) is 5.21. The highest BCUT2D eigenvalue weighted by Crippen LogP contribution is 2.24. The van der Waals surface area contributed by atoms with Crippen LogP contribution in [0.1, 0.15) is 12.8 Å². The van der Waals surface area contributed by atoms with Gasteiger partial charge in [-0.25, -0.2) is 0 Å². The Morgan fingerprint density at radius 1 is 1.67 bits per heavy atom. The van der Waals surface area contributed by atoms with Gasteiger partial charge in [0.2, 0.25) is 0 Å². The molecule has 0 bridgehead atoms. The Morgan fingerprint density at radius 3 is 2.89 bits per heavy atom. The lowest BCUT2D eigenvalue weighted by Crippen LogP contribution is -1.92. The minimum absolute atomic E-state index is 0.0385. The van der Waals surface area contributed by atoms with Crippen LogP contribution < -0.4 is 0 Å². The molecule has 0 spiro atoms. The fraction of sp³-hybridized carbons (Fsp3) is 0.714. The van der Waals surface area contributed by atoms with E-state index in [0.29, 0.717) is 0 Å². The van der Waals surface area contributed by atoms with Crippen LogP contribution in [0.5, 0.6) is 0 Å². The summed E-state index contributed by atoms with van der Waals surface area (Å²) < 4.78 is 5.02. The van der Waals surface area contributed by atoms with Gasteiger partial charge in [-0.2, -0.15) is 0 Å². The molecule has 0 amide bonds. The molecule has 9 heavy (non-hydrogen) atoms. The number of hydrogen-bond donors (Lipinski definition) is 1. The Labute approximate surface area is 54.8 Å². The third-order valence-corrected chi connectivity index (χ3v) is 1.39. The predicted octanol–water partition coefficient (Wildman–Crippen LogP) is 0.160. The van der Waals surface area contributed by atoms with Crippen LogP contribution in [-0.2, 0) is 4.74 Å². The van der Waals surface area contributed by atoms with E-state index in [1.165, 1.54) is 0 Å². The predicted molar refractivity (Wildman–Crippen MR) is 33.8 cm³/mol. The van der Waals surface area contributed by atoms with Crippen molar-refractivity contribution in [1.82, 2.24) is 0 Å². The maximum Gasteiger partial charge on any atom is 0.144 e. The SMILES string of the molecule is C#C[C@@H]1O[C@H]1CCCO. The van der Waals surface area contributed by atoms with Crippen LogP contribution in [0, 0.1) is 12.3 Å². The Hall–Kier alpha value is -0.520. The van der Waals surface area contributed by atoms with Gasteiger partial charge in [0.15, 0.2) is 0 Å². The molecule has 0 aromatic rings. The molecule has 2 atom stereocenters.